The van der Waals surface area contributed by atoms with Crippen LogP contribution in [0.4, 0.5) is 0 Å². The Hall–Kier alpha value is -1.49. The third kappa shape index (κ3) is 3.77. The van der Waals surface area contributed by atoms with Crippen molar-refractivity contribution in [3.8, 4) is 0 Å². The highest BCUT2D eigenvalue weighted by molar-refractivity contribution is 8.00. The van der Waals surface area contributed by atoms with Gasteiger partial charge in [-0.2, -0.15) is 0 Å². The van der Waals surface area contributed by atoms with E-state index in [-0.39, 0.29) is 29.1 Å². The van der Waals surface area contributed by atoms with Crippen LogP contribution in [0.5, 0.6) is 0 Å². The van der Waals surface area contributed by atoms with Crippen molar-refractivity contribution in [2.24, 2.45) is 5.92 Å². The molecule has 0 unspecified atom stereocenters. The highest BCUT2D eigenvalue weighted by Crippen LogP contribution is 2.38. The molecule has 1 atom stereocenters. The molecule has 2 aliphatic rings. The molecular weight excluding hydrogens is 320 g/mol. The number of nitrogens with zero attached hydrogens (tertiary/aromatic N) is 2. The number of rotatable bonds is 6. The molecule has 1 saturated heterocycles. The maximum Gasteiger partial charge on any atom is 0.233 e. The summed E-state index contributed by atoms with van der Waals surface area (Å²) in [5.41, 5.74) is 2.39. The Morgan fingerprint density at radius 1 is 1.29 bits per heavy atom. The van der Waals surface area contributed by atoms with Gasteiger partial charge in [0.05, 0.1) is 5.75 Å². The highest BCUT2D eigenvalue weighted by atomic mass is 32.2. The smallest absolute Gasteiger partial charge is 0.233 e. The highest BCUT2D eigenvalue weighted by Gasteiger charge is 2.36. The summed E-state index contributed by atoms with van der Waals surface area (Å²) in [4.78, 5) is 28.6. The van der Waals surface area contributed by atoms with Gasteiger partial charge in [0.25, 0.3) is 0 Å². The maximum atomic E-state index is 12.4. The summed E-state index contributed by atoms with van der Waals surface area (Å²) in [5.74, 6) is 1.19. The fourth-order valence-electron chi connectivity index (χ4n) is 3.11. The van der Waals surface area contributed by atoms with E-state index in [0.717, 1.165) is 12.8 Å². The normalized spacial score (nSPS) is 20.8. The second-order valence-electron chi connectivity index (χ2n) is 7.06. The van der Waals surface area contributed by atoms with Crippen molar-refractivity contribution < 1.29 is 9.59 Å². The molecular formula is C19H26N2O2S. The lowest BCUT2D eigenvalue weighted by Gasteiger charge is -2.31. The minimum absolute atomic E-state index is 0.0724. The molecule has 4 nitrogen and oxygen atoms in total. The summed E-state index contributed by atoms with van der Waals surface area (Å²) in [6, 6.07) is 8.57. The van der Waals surface area contributed by atoms with E-state index < -0.39 is 0 Å². The van der Waals surface area contributed by atoms with Crippen LogP contribution in [0.25, 0.3) is 0 Å². The van der Waals surface area contributed by atoms with Crippen LogP contribution < -0.4 is 0 Å². The summed E-state index contributed by atoms with van der Waals surface area (Å²) in [6.07, 6.45) is 2.04. The number of carbonyl (C=O) groups excluding carboxylic acids is 2. The lowest BCUT2D eigenvalue weighted by molar-refractivity contribution is -0.136. The zero-order valence-corrected chi connectivity index (χ0v) is 15.5. The van der Waals surface area contributed by atoms with E-state index >= 15 is 0 Å². The van der Waals surface area contributed by atoms with Crippen LogP contribution in [0.2, 0.25) is 0 Å². The number of carbonyl (C=O) groups is 2. The van der Waals surface area contributed by atoms with Gasteiger partial charge < -0.3 is 9.80 Å². The van der Waals surface area contributed by atoms with Crippen LogP contribution in [0.1, 0.15) is 43.2 Å². The van der Waals surface area contributed by atoms with Crippen LogP contribution in [-0.4, -0.2) is 46.5 Å². The first-order valence-electron chi connectivity index (χ1n) is 8.75. The van der Waals surface area contributed by atoms with Crippen LogP contribution in [-0.2, 0) is 9.59 Å². The average molecular weight is 346 g/mol. The fraction of sp³-hybridized carbons (Fsp3) is 0.579. The zero-order valence-electron chi connectivity index (χ0n) is 14.7. The molecule has 3 rings (SSSR count). The summed E-state index contributed by atoms with van der Waals surface area (Å²) in [6.45, 7) is 7.41. The molecule has 1 saturated carbocycles. The molecule has 1 aliphatic carbocycles. The Morgan fingerprint density at radius 2 is 1.96 bits per heavy atom. The van der Waals surface area contributed by atoms with E-state index in [1.807, 2.05) is 9.80 Å². The Bertz CT molecular complexity index is 610. The van der Waals surface area contributed by atoms with Crippen molar-refractivity contribution in [3.63, 3.8) is 0 Å². The van der Waals surface area contributed by atoms with Gasteiger partial charge >= 0.3 is 0 Å². The van der Waals surface area contributed by atoms with Crippen molar-refractivity contribution in [1.82, 2.24) is 9.80 Å². The molecule has 24 heavy (non-hydrogen) atoms. The van der Waals surface area contributed by atoms with E-state index in [0.29, 0.717) is 18.8 Å². The summed E-state index contributed by atoms with van der Waals surface area (Å²) < 4.78 is 0. The molecule has 1 heterocycles. The van der Waals surface area contributed by atoms with E-state index in [1.54, 1.807) is 11.8 Å². The topological polar surface area (TPSA) is 40.6 Å². The van der Waals surface area contributed by atoms with Gasteiger partial charge in [-0.3, -0.25) is 9.59 Å². The minimum atomic E-state index is 0.0724. The predicted octanol–water partition coefficient (Wildman–Crippen LogP) is 3.22. The average Bonchev–Trinajstić information content (AvgIpc) is 3.33. The molecule has 1 aromatic carbocycles. The Labute approximate surface area is 148 Å². The standard InChI is InChI=1S/C19H26N2O2S/c1-13(2)20(18(23)15-8-9-15)10-11-21-17(22)12-24-19(21)16-6-4-14(3)5-7-16/h4-7,13,15,19H,8-12H2,1-3H3/t19-/m1/s1. The second-order valence-corrected chi connectivity index (χ2v) is 8.13. The van der Waals surface area contributed by atoms with Gasteiger partial charge in [0.1, 0.15) is 5.37 Å². The van der Waals surface area contributed by atoms with Gasteiger partial charge in [-0.05, 0) is 39.2 Å². The molecule has 0 radical (unpaired) electrons. The van der Waals surface area contributed by atoms with Crippen LogP contribution in [0.15, 0.2) is 24.3 Å². The summed E-state index contributed by atoms with van der Waals surface area (Å²) in [7, 11) is 0. The third-order valence-corrected chi connectivity index (χ3v) is 6.00. The largest absolute Gasteiger partial charge is 0.338 e. The first kappa shape index (κ1) is 17.3. The molecule has 0 N–H and O–H groups in total. The number of benzene rings is 1. The maximum absolute atomic E-state index is 12.4. The number of hydrogen-bond acceptors (Lipinski definition) is 3. The van der Waals surface area contributed by atoms with Gasteiger partial charge in [-0.15, -0.1) is 11.8 Å². The molecule has 2 amide bonds. The lowest BCUT2D eigenvalue weighted by atomic mass is 10.1. The monoisotopic (exact) mass is 346 g/mol. The molecule has 1 aliphatic heterocycles. The van der Waals surface area contributed by atoms with Gasteiger partial charge in [-0.25, -0.2) is 0 Å². The van der Waals surface area contributed by atoms with E-state index in [2.05, 4.69) is 45.0 Å². The predicted molar refractivity (Wildman–Crippen MR) is 97.7 cm³/mol. The second kappa shape index (κ2) is 7.18. The Kier molecular flexibility index (Phi) is 5.18. The summed E-state index contributed by atoms with van der Waals surface area (Å²) in [5, 5.41) is 0.0724. The Morgan fingerprint density at radius 3 is 2.54 bits per heavy atom. The minimum Gasteiger partial charge on any atom is -0.338 e. The van der Waals surface area contributed by atoms with Crippen LogP contribution in [0.3, 0.4) is 0 Å². The van der Waals surface area contributed by atoms with Crippen molar-refractivity contribution in [2.75, 3.05) is 18.8 Å². The van der Waals surface area contributed by atoms with Gasteiger partial charge in [-0.1, -0.05) is 29.8 Å². The number of hydrogen-bond donors (Lipinski definition) is 0. The van der Waals surface area contributed by atoms with Gasteiger partial charge in [0, 0.05) is 25.0 Å². The number of thioether (sulfide) groups is 1. The third-order valence-electron chi connectivity index (χ3n) is 4.75. The molecule has 0 aromatic heterocycles. The number of aryl methyl sites for hydroxylation is 1. The zero-order chi connectivity index (χ0) is 17.3. The molecule has 1 aromatic rings. The van der Waals surface area contributed by atoms with Crippen LogP contribution in [0, 0.1) is 12.8 Å². The van der Waals surface area contributed by atoms with Gasteiger partial charge in [0.2, 0.25) is 11.8 Å². The van der Waals surface area contributed by atoms with E-state index in [9.17, 15) is 9.59 Å². The van der Waals surface area contributed by atoms with Crippen LogP contribution >= 0.6 is 11.8 Å². The fourth-order valence-corrected chi connectivity index (χ4v) is 4.33. The van der Waals surface area contributed by atoms with Crippen molar-refractivity contribution >= 4 is 23.6 Å². The van der Waals surface area contributed by atoms with E-state index in [4.69, 9.17) is 0 Å². The first-order valence-corrected chi connectivity index (χ1v) is 9.80. The molecule has 0 bridgehead atoms. The van der Waals surface area contributed by atoms with E-state index in [1.165, 1.54) is 11.1 Å². The molecule has 130 valence electrons. The van der Waals surface area contributed by atoms with Crippen molar-refractivity contribution in [2.45, 2.75) is 45.0 Å². The molecule has 5 heteroatoms. The quantitative estimate of drug-likeness (QED) is 0.794. The molecule has 0 spiro atoms. The van der Waals surface area contributed by atoms with Gasteiger partial charge in [0.15, 0.2) is 0 Å². The van der Waals surface area contributed by atoms with Crippen molar-refractivity contribution in [3.05, 3.63) is 35.4 Å². The summed E-state index contributed by atoms with van der Waals surface area (Å²) >= 11 is 1.68. The number of amides is 2. The first-order chi connectivity index (χ1) is 11.5. The Balaban J connectivity index is 1.68. The molecule has 2 fully saturated rings. The van der Waals surface area contributed by atoms with Crippen molar-refractivity contribution in [1.29, 1.82) is 0 Å². The SMILES string of the molecule is Cc1ccc([C@H]2SCC(=O)N2CCN(C(=O)C2CC2)C(C)C)cc1. The lowest BCUT2D eigenvalue weighted by Crippen LogP contribution is -2.44.